The Balaban J connectivity index is 1.47. The van der Waals surface area contributed by atoms with Crippen LogP contribution in [-0.4, -0.2) is 44.8 Å². The van der Waals surface area contributed by atoms with Crippen molar-refractivity contribution in [3.63, 3.8) is 0 Å². The number of anilines is 1. The van der Waals surface area contributed by atoms with Gasteiger partial charge in [-0.25, -0.2) is 9.67 Å². The zero-order chi connectivity index (χ0) is 13.4. The minimum atomic E-state index is 0.606. The summed E-state index contributed by atoms with van der Waals surface area (Å²) in [5.41, 5.74) is 2.24. The molecule has 5 heteroatoms. The zero-order valence-electron chi connectivity index (χ0n) is 11.4. The lowest BCUT2D eigenvalue weighted by molar-refractivity contribution is 0.318. The first-order valence-corrected chi connectivity index (χ1v) is 7.36. The van der Waals surface area contributed by atoms with E-state index in [1.807, 2.05) is 0 Å². The van der Waals surface area contributed by atoms with Gasteiger partial charge in [0, 0.05) is 24.3 Å². The van der Waals surface area contributed by atoms with Crippen molar-refractivity contribution in [2.24, 2.45) is 0 Å². The van der Waals surface area contributed by atoms with Crippen LogP contribution in [0, 0.1) is 0 Å². The average molecular weight is 269 g/mol. The molecule has 0 saturated carbocycles. The van der Waals surface area contributed by atoms with E-state index in [4.69, 9.17) is 0 Å². The van der Waals surface area contributed by atoms with E-state index in [2.05, 4.69) is 44.6 Å². The number of nitrogens with one attached hydrogen (secondary N) is 1. The van der Waals surface area contributed by atoms with Gasteiger partial charge in [0.05, 0.1) is 5.69 Å². The van der Waals surface area contributed by atoms with E-state index in [-0.39, 0.29) is 0 Å². The van der Waals surface area contributed by atoms with Crippen LogP contribution in [0.2, 0.25) is 0 Å². The highest BCUT2D eigenvalue weighted by Crippen LogP contribution is 2.30. The second kappa shape index (κ2) is 4.90. The molecule has 5 nitrogen and oxygen atoms in total. The highest BCUT2D eigenvalue weighted by atomic mass is 15.3. The quantitative estimate of drug-likeness (QED) is 0.924. The zero-order valence-corrected chi connectivity index (χ0v) is 11.4. The Morgan fingerprint density at radius 1 is 1.10 bits per heavy atom. The van der Waals surface area contributed by atoms with Crippen LogP contribution in [-0.2, 0) is 0 Å². The number of benzene rings is 1. The van der Waals surface area contributed by atoms with E-state index in [1.165, 1.54) is 38.0 Å². The molecule has 0 aliphatic carbocycles. The van der Waals surface area contributed by atoms with Crippen molar-refractivity contribution in [3.8, 4) is 5.69 Å². The summed E-state index contributed by atoms with van der Waals surface area (Å²) in [5.74, 6) is 0. The van der Waals surface area contributed by atoms with Crippen molar-refractivity contribution >= 4 is 5.69 Å². The summed E-state index contributed by atoms with van der Waals surface area (Å²) in [7, 11) is 0. The molecule has 104 valence electrons. The first kappa shape index (κ1) is 11.9. The maximum absolute atomic E-state index is 4.14. The normalized spacial score (nSPS) is 25.8. The molecule has 2 aliphatic rings. The van der Waals surface area contributed by atoms with Crippen LogP contribution in [0.1, 0.15) is 19.3 Å². The van der Waals surface area contributed by atoms with Gasteiger partial charge >= 0.3 is 0 Å². The van der Waals surface area contributed by atoms with Crippen LogP contribution < -0.4 is 5.32 Å². The van der Waals surface area contributed by atoms with E-state index in [0.717, 1.165) is 11.7 Å². The molecule has 2 aromatic rings. The van der Waals surface area contributed by atoms with Gasteiger partial charge in [-0.1, -0.05) is 0 Å². The summed E-state index contributed by atoms with van der Waals surface area (Å²) in [5, 5.41) is 7.84. The summed E-state index contributed by atoms with van der Waals surface area (Å²) in [6, 6.07) is 9.78. The summed E-state index contributed by atoms with van der Waals surface area (Å²) in [4.78, 5) is 6.60. The first-order valence-electron chi connectivity index (χ1n) is 7.36. The molecule has 20 heavy (non-hydrogen) atoms. The lowest BCUT2D eigenvalue weighted by Crippen LogP contribution is -2.33. The Bertz CT molecular complexity index is 562. The highest BCUT2D eigenvalue weighted by molar-refractivity contribution is 5.49. The topological polar surface area (TPSA) is 46.0 Å². The molecule has 1 aromatic carbocycles. The van der Waals surface area contributed by atoms with Gasteiger partial charge in [-0.3, -0.25) is 4.90 Å². The molecule has 1 aromatic heterocycles. The van der Waals surface area contributed by atoms with Crippen molar-refractivity contribution < 1.29 is 0 Å². The minimum absolute atomic E-state index is 0.606. The summed E-state index contributed by atoms with van der Waals surface area (Å²) in [6.45, 7) is 2.54. The van der Waals surface area contributed by atoms with Gasteiger partial charge in [-0.2, -0.15) is 5.10 Å². The fourth-order valence-electron chi connectivity index (χ4n) is 3.52. The molecular weight excluding hydrogens is 250 g/mol. The molecule has 0 radical (unpaired) electrons. The van der Waals surface area contributed by atoms with Crippen molar-refractivity contribution in [2.75, 3.05) is 18.4 Å². The molecule has 4 rings (SSSR count). The molecule has 1 N–H and O–H groups in total. The van der Waals surface area contributed by atoms with Gasteiger partial charge in [0.1, 0.15) is 12.7 Å². The van der Waals surface area contributed by atoms with E-state index in [0.29, 0.717) is 6.04 Å². The third-order valence-electron chi connectivity index (χ3n) is 4.51. The van der Waals surface area contributed by atoms with Crippen molar-refractivity contribution in [1.82, 2.24) is 19.7 Å². The fraction of sp³-hybridized carbons (Fsp3) is 0.467. The van der Waals surface area contributed by atoms with Crippen molar-refractivity contribution in [2.45, 2.75) is 31.3 Å². The highest BCUT2D eigenvalue weighted by Gasteiger charge is 2.36. The maximum atomic E-state index is 4.14. The summed E-state index contributed by atoms with van der Waals surface area (Å²) >= 11 is 0. The van der Waals surface area contributed by atoms with Gasteiger partial charge in [0.25, 0.3) is 0 Å². The third kappa shape index (κ3) is 2.08. The molecule has 2 aliphatic heterocycles. The Labute approximate surface area is 118 Å². The molecule has 0 spiro atoms. The lowest BCUT2D eigenvalue weighted by atomic mass is 10.1. The number of rotatable bonds is 3. The number of fused-ring (bicyclic) bond motifs is 1. The second-order valence-corrected chi connectivity index (χ2v) is 5.67. The molecule has 2 fully saturated rings. The Kier molecular flexibility index (Phi) is 2.92. The maximum Gasteiger partial charge on any atom is 0.138 e. The monoisotopic (exact) mass is 269 g/mol. The Morgan fingerprint density at radius 2 is 2.00 bits per heavy atom. The molecule has 2 atom stereocenters. The average Bonchev–Trinajstić information content (AvgIpc) is 3.18. The van der Waals surface area contributed by atoms with Crippen LogP contribution in [0.15, 0.2) is 36.9 Å². The van der Waals surface area contributed by atoms with Crippen LogP contribution in [0.3, 0.4) is 0 Å². The Hall–Kier alpha value is -1.88. The van der Waals surface area contributed by atoms with Crippen LogP contribution in [0.4, 0.5) is 5.69 Å². The van der Waals surface area contributed by atoms with Crippen molar-refractivity contribution in [3.05, 3.63) is 36.9 Å². The molecule has 0 amide bonds. The number of hydrogen-bond donors (Lipinski definition) is 1. The van der Waals surface area contributed by atoms with Crippen LogP contribution in [0.25, 0.3) is 5.69 Å². The molecular formula is C15H19N5. The van der Waals surface area contributed by atoms with Gasteiger partial charge in [0.15, 0.2) is 0 Å². The first-order chi connectivity index (χ1) is 9.90. The molecule has 2 saturated heterocycles. The van der Waals surface area contributed by atoms with Crippen molar-refractivity contribution in [1.29, 1.82) is 0 Å². The Morgan fingerprint density at radius 3 is 2.80 bits per heavy atom. The number of hydrogen-bond acceptors (Lipinski definition) is 4. The molecule has 0 bridgehead atoms. The number of aromatic nitrogens is 3. The molecule has 3 heterocycles. The van der Waals surface area contributed by atoms with E-state index < -0.39 is 0 Å². The van der Waals surface area contributed by atoms with E-state index in [1.54, 1.807) is 17.3 Å². The van der Waals surface area contributed by atoms with Gasteiger partial charge in [0.2, 0.25) is 0 Å². The van der Waals surface area contributed by atoms with Crippen LogP contribution >= 0.6 is 0 Å². The predicted molar refractivity (Wildman–Crippen MR) is 78.0 cm³/mol. The van der Waals surface area contributed by atoms with E-state index in [9.17, 15) is 0 Å². The fourth-order valence-corrected chi connectivity index (χ4v) is 3.52. The smallest absolute Gasteiger partial charge is 0.138 e. The van der Waals surface area contributed by atoms with Gasteiger partial charge < -0.3 is 5.32 Å². The summed E-state index contributed by atoms with van der Waals surface area (Å²) in [6.07, 6.45) is 7.23. The van der Waals surface area contributed by atoms with Gasteiger partial charge in [-0.15, -0.1) is 0 Å². The summed E-state index contributed by atoms with van der Waals surface area (Å²) < 4.78 is 1.78. The predicted octanol–water partition coefficient (Wildman–Crippen LogP) is 1.92. The minimum Gasteiger partial charge on any atom is -0.381 e. The standard InChI is InChI=1S/C15H19N5/c1-2-15-14(7-9-19(15)8-1)18-12-3-5-13(6-4-12)20-11-16-10-17-20/h3-6,10-11,14-15,18H,1-2,7-9H2. The third-order valence-corrected chi connectivity index (χ3v) is 4.51. The number of nitrogens with zero attached hydrogens (tertiary/aromatic N) is 4. The van der Waals surface area contributed by atoms with Crippen LogP contribution in [0.5, 0.6) is 0 Å². The molecule has 2 unspecified atom stereocenters. The second-order valence-electron chi connectivity index (χ2n) is 5.67. The largest absolute Gasteiger partial charge is 0.381 e. The van der Waals surface area contributed by atoms with E-state index >= 15 is 0 Å². The lowest BCUT2D eigenvalue weighted by Gasteiger charge is -2.22. The van der Waals surface area contributed by atoms with Gasteiger partial charge in [-0.05, 0) is 50.1 Å². The SMILES string of the molecule is c1ncn(-c2ccc(NC3CCN4CCCC34)cc2)n1.